The molecule has 1 unspecified atom stereocenters. The van der Waals surface area contributed by atoms with Crippen molar-refractivity contribution in [2.75, 3.05) is 0 Å². The summed E-state index contributed by atoms with van der Waals surface area (Å²) in [6.07, 6.45) is 0.576. The number of aryl methyl sites for hydroxylation is 2. The Morgan fingerprint density at radius 3 is 2.30 bits per heavy atom. The van der Waals surface area contributed by atoms with Crippen LogP contribution >= 0.6 is 0 Å². The van der Waals surface area contributed by atoms with Crippen LogP contribution in [-0.4, -0.2) is 0 Å². The molecule has 4 heteroatoms. The molecule has 0 aliphatic rings. The van der Waals surface area contributed by atoms with Gasteiger partial charge >= 0.3 is 0 Å². The Labute approximate surface area is 117 Å². The second-order valence-corrected chi connectivity index (χ2v) is 5.06. The predicted molar refractivity (Wildman–Crippen MR) is 76.0 cm³/mol. The number of hydrazine groups is 1. The summed E-state index contributed by atoms with van der Waals surface area (Å²) < 4.78 is 26.6. The monoisotopic (exact) mass is 276 g/mol. The van der Waals surface area contributed by atoms with Gasteiger partial charge in [-0.25, -0.2) is 8.78 Å². The zero-order valence-electron chi connectivity index (χ0n) is 11.6. The number of halogens is 2. The molecular weight excluding hydrogens is 258 g/mol. The molecule has 2 aromatic carbocycles. The first-order valence-corrected chi connectivity index (χ1v) is 6.48. The lowest BCUT2D eigenvalue weighted by molar-refractivity contribution is 0.529. The third kappa shape index (κ3) is 3.40. The van der Waals surface area contributed by atoms with Crippen molar-refractivity contribution in [2.45, 2.75) is 26.3 Å². The summed E-state index contributed by atoms with van der Waals surface area (Å²) in [5, 5.41) is 0. The second kappa shape index (κ2) is 6.11. The van der Waals surface area contributed by atoms with E-state index in [1.807, 2.05) is 26.0 Å². The van der Waals surface area contributed by atoms with Gasteiger partial charge in [-0.15, -0.1) is 0 Å². The first kappa shape index (κ1) is 14.6. The molecule has 0 heterocycles. The van der Waals surface area contributed by atoms with E-state index in [1.165, 1.54) is 12.1 Å². The average molecular weight is 276 g/mol. The van der Waals surface area contributed by atoms with E-state index in [-0.39, 0.29) is 6.04 Å². The van der Waals surface area contributed by atoms with Crippen LogP contribution in [0.2, 0.25) is 0 Å². The Hall–Kier alpha value is -1.78. The molecule has 2 rings (SSSR count). The Kier molecular flexibility index (Phi) is 4.47. The average Bonchev–Trinajstić information content (AvgIpc) is 2.38. The standard InChI is InChI=1S/C16H18F2N2/c1-10-3-4-11(2)12(5-10)8-16(20-19)13-6-14(17)9-15(18)7-13/h3-7,9,16,20H,8,19H2,1-2H3. The Bertz CT molecular complexity index is 591. The molecule has 0 saturated heterocycles. The molecule has 106 valence electrons. The molecule has 0 saturated carbocycles. The number of hydrogen-bond donors (Lipinski definition) is 2. The van der Waals surface area contributed by atoms with E-state index in [4.69, 9.17) is 5.84 Å². The van der Waals surface area contributed by atoms with Crippen molar-refractivity contribution in [1.82, 2.24) is 5.43 Å². The second-order valence-electron chi connectivity index (χ2n) is 5.06. The Morgan fingerprint density at radius 1 is 1.05 bits per heavy atom. The van der Waals surface area contributed by atoms with Crippen molar-refractivity contribution in [1.29, 1.82) is 0 Å². The van der Waals surface area contributed by atoms with Crippen LogP contribution in [0, 0.1) is 25.5 Å². The molecule has 2 aromatic rings. The number of hydrogen-bond acceptors (Lipinski definition) is 2. The zero-order chi connectivity index (χ0) is 14.7. The predicted octanol–water partition coefficient (Wildman–Crippen LogP) is 3.33. The quantitative estimate of drug-likeness (QED) is 0.664. The van der Waals surface area contributed by atoms with Gasteiger partial charge in [0.2, 0.25) is 0 Å². The van der Waals surface area contributed by atoms with E-state index in [2.05, 4.69) is 11.5 Å². The van der Waals surface area contributed by atoms with E-state index in [9.17, 15) is 8.78 Å². The number of benzene rings is 2. The first-order chi connectivity index (χ1) is 9.49. The minimum Gasteiger partial charge on any atom is -0.271 e. The van der Waals surface area contributed by atoms with Crippen LogP contribution in [-0.2, 0) is 6.42 Å². The fourth-order valence-corrected chi connectivity index (χ4v) is 2.29. The van der Waals surface area contributed by atoms with Crippen molar-refractivity contribution >= 4 is 0 Å². The first-order valence-electron chi connectivity index (χ1n) is 6.48. The van der Waals surface area contributed by atoms with Crippen molar-refractivity contribution in [3.05, 3.63) is 70.3 Å². The molecule has 2 nitrogen and oxygen atoms in total. The largest absolute Gasteiger partial charge is 0.271 e. The maximum absolute atomic E-state index is 13.3. The lowest BCUT2D eigenvalue weighted by Crippen LogP contribution is -2.30. The number of nitrogens with one attached hydrogen (secondary N) is 1. The fourth-order valence-electron chi connectivity index (χ4n) is 2.29. The third-order valence-corrected chi connectivity index (χ3v) is 3.42. The highest BCUT2D eigenvalue weighted by atomic mass is 19.1. The molecule has 3 N–H and O–H groups in total. The van der Waals surface area contributed by atoms with Gasteiger partial charge in [0.1, 0.15) is 11.6 Å². The van der Waals surface area contributed by atoms with E-state index in [0.717, 1.165) is 22.8 Å². The fraction of sp³-hybridized carbons (Fsp3) is 0.250. The van der Waals surface area contributed by atoms with Gasteiger partial charge in [-0.3, -0.25) is 11.3 Å². The topological polar surface area (TPSA) is 38.0 Å². The van der Waals surface area contributed by atoms with Gasteiger partial charge in [0.15, 0.2) is 0 Å². The summed E-state index contributed by atoms with van der Waals surface area (Å²) in [7, 11) is 0. The van der Waals surface area contributed by atoms with Crippen molar-refractivity contribution < 1.29 is 8.78 Å². The normalized spacial score (nSPS) is 12.4. The molecule has 0 spiro atoms. The molecule has 1 atom stereocenters. The SMILES string of the molecule is Cc1ccc(C)c(CC(NN)c2cc(F)cc(F)c2)c1. The number of nitrogens with two attached hydrogens (primary N) is 1. The molecule has 0 bridgehead atoms. The molecular formula is C16H18F2N2. The summed E-state index contributed by atoms with van der Waals surface area (Å²) in [4.78, 5) is 0. The Balaban J connectivity index is 2.30. The maximum atomic E-state index is 13.3. The molecule has 0 radical (unpaired) electrons. The summed E-state index contributed by atoms with van der Waals surface area (Å²) in [6, 6.07) is 9.26. The van der Waals surface area contributed by atoms with Gasteiger partial charge in [-0.1, -0.05) is 23.8 Å². The molecule has 0 aromatic heterocycles. The van der Waals surface area contributed by atoms with Crippen LogP contribution < -0.4 is 11.3 Å². The van der Waals surface area contributed by atoms with Crippen molar-refractivity contribution in [3.8, 4) is 0 Å². The maximum Gasteiger partial charge on any atom is 0.126 e. The molecule has 20 heavy (non-hydrogen) atoms. The zero-order valence-corrected chi connectivity index (χ0v) is 11.6. The van der Waals surface area contributed by atoms with E-state index < -0.39 is 11.6 Å². The molecule has 0 fully saturated rings. The van der Waals surface area contributed by atoms with Crippen LogP contribution in [0.3, 0.4) is 0 Å². The van der Waals surface area contributed by atoms with Gasteiger partial charge in [0, 0.05) is 6.07 Å². The number of rotatable bonds is 4. The minimum atomic E-state index is -0.596. The summed E-state index contributed by atoms with van der Waals surface area (Å²) in [5.41, 5.74) is 6.53. The van der Waals surface area contributed by atoms with Crippen molar-refractivity contribution in [3.63, 3.8) is 0 Å². The summed E-state index contributed by atoms with van der Waals surface area (Å²) >= 11 is 0. The van der Waals surface area contributed by atoms with Gasteiger partial charge in [-0.05, 0) is 49.1 Å². The molecule has 0 amide bonds. The van der Waals surface area contributed by atoms with Gasteiger partial charge in [0.25, 0.3) is 0 Å². The lowest BCUT2D eigenvalue weighted by atomic mass is 9.95. The summed E-state index contributed by atoms with van der Waals surface area (Å²) in [6.45, 7) is 4.02. The van der Waals surface area contributed by atoms with E-state index in [1.54, 1.807) is 0 Å². The summed E-state index contributed by atoms with van der Waals surface area (Å²) in [5.74, 6) is 4.35. The van der Waals surface area contributed by atoms with E-state index >= 15 is 0 Å². The smallest absolute Gasteiger partial charge is 0.126 e. The van der Waals surface area contributed by atoms with Crippen molar-refractivity contribution in [2.24, 2.45) is 5.84 Å². The van der Waals surface area contributed by atoms with Gasteiger partial charge in [-0.2, -0.15) is 0 Å². The highest BCUT2D eigenvalue weighted by molar-refractivity contribution is 5.33. The van der Waals surface area contributed by atoms with E-state index in [0.29, 0.717) is 12.0 Å². The van der Waals surface area contributed by atoms with Crippen LogP contribution in [0.5, 0.6) is 0 Å². The van der Waals surface area contributed by atoms with Crippen LogP contribution in [0.1, 0.15) is 28.3 Å². The Morgan fingerprint density at radius 2 is 1.70 bits per heavy atom. The third-order valence-electron chi connectivity index (χ3n) is 3.42. The minimum absolute atomic E-state index is 0.333. The van der Waals surface area contributed by atoms with Crippen LogP contribution in [0.15, 0.2) is 36.4 Å². The highest BCUT2D eigenvalue weighted by Gasteiger charge is 2.14. The molecule has 0 aliphatic heterocycles. The van der Waals surface area contributed by atoms with Crippen LogP contribution in [0.4, 0.5) is 8.78 Å². The molecule has 0 aliphatic carbocycles. The van der Waals surface area contributed by atoms with Gasteiger partial charge < -0.3 is 0 Å². The lowest BCUT2D eigenvalue weighted by Gasteiger charge is -2.18. The van der Waals surface area contributed by atoms with Crippen LogP contribution in [0.25, 0.3) is 0 Å². The van der Waals surface area contributed by atoms with Gasteiger partial charge in [0.05, 0.1) is 6.04 Å². The highest BCUT2D eigenvalue weighted by Crippen LogP contribution is 2.22.